The number of nitrogens with zero attached hydrogens (tertiary/aromatic N) is 3. The molecule has 1 unspecified atom stereocenters. The molecule has 0 aliphatic carbocycles. The number of aromatic nitrogens is 3. The van der Waals surface area contributed by atoms with Crippen LogP contribution in [0.25, 0.3) is 20.4 Å². The highest BCUT2D eigenvalue weighted by Gasteiger charge is 2.24. The summed E-state index contributed by atoms with van der Waals surface area (Å²) >= 11 is 1.22. The molecule has 4 heterocycles. The van der Waals surface area contributed by atoms with Crippen molar-refractivity contribution in [3.63, 3.8) is 0 Å². The molecule has 0 spiro atoms. The Bertz CT molecular complexity index is 1530. The molecule has 1 aliphatic heterocycles. The Kier molecular flexibility index (Phi) is 6.27. The lowest BCUT2D eigenvalue weighted by atomic mass is 10.2. The lowest BCUT2D eigenvalue weighted by Crippen LogP contribution is -2.43. The van der Waals surface area contributed by atoms with Crippen LogP contribution >= 0.6 is 11.3 Å². The number of ether oxygens (including phenoxy) is 3. The standard InChI is InChI=1S/C24H24N4O6S/c1-32-17-8-7-14(11-18(17)33-2)26-19(29)13-27-20-16-6-3-9-25-22(16)35-21(20)23(30)28(24(27)31)12-15-5-4-10-34-15/h3,6-9,11,15H,4-5,10,12-13H2,1-2H3,(H,26,29). The second-order valence-electron chi connectivity index (χ2n) is 8.17. The van der Waals surface area contributed by atoms with Gasteiger partial charge in [0.05, 0.1) is 32.4 Å². The van der Waals surface area contributed by atoms with Crippen LogP contribution in [0.15, 0.2) is 46.1 Å². The summed E-state index contributed by atoms with van der Waals surface area (Å²) in [6.45, 7) is 0.471. The van der Waals surface area contributed by atoms with E-state index in [0.29, 0.717) is 44.2 Å². The Morgan fingerprint density at radius 2 is 2.03 bits per heavy atom. The SMILES string of the molecule is COc1ccc(NC(=O)Cn2c(=O)n(CC3CCCO3)c(=O)c3sc4ncccc4c32)cc1OC. The van der Waals surface area contributed by atoms with Crippen LogP contribution < -0.4 is 26.0 Å². The van der Waals surface area contributed by atoms with Crippen molar-refractivity contribution in [2.45, 2.75) is 32.0 Å². The molecule has 1 fully saturated rings. The molecule has 1 atom stereocenters. The van der Waals surface area contributed by atoms with Crippen molar-refractivity contribution in [3.8, 4) is 11.5 Å². The van der Waals surface area contributed by atoms with Gasteiger partial charge in [0, 0.05) is 29.9 Å². The predicted molar refractivity (Wildman–Crippen MR) is 133 cm³/mol. The fourth-order valence-electron chi connectivity index (χ4n) is 4.34. The molecule has 11 heteroatoms. The Morgan fingerprint density at radius 1 is 1.20 bits per heavy atom. The molecule has 1 aromatic carbocycles. The van der Waals surface area contributed by atoms with Gasteiger partial charge < -0.3 is 19.5 Å². The number of hydrogen-bond donors (Lipinski definition) is 1. The Hall–Kier alpha value is -3.70. The minimum atomic E-state index is -0.552. The normalized spacial score (nSPS) is 15.5. The summed E-state index contributed by atoms with van der Waals surface area (Å²) in [6.07, 6.45) is 3.09. The maximum Gasteiger partial charge on any atom is 0.332 e. The number of pyridine rings is 1. The molecule has 35 heavy (non-hydrogen) atoms. The van der Waals surface area contributed by atoms with E-state index in [-0.39, 0.29) is 24.8 Å². The van der Waals surface area contributed by atoms with Crippen molar-refractivity contribution in [3.05, 3.63) is 57.4 Å². The molecule has 4 aromatic rings. The third-order valence-corrected chi connectivity index (χ3v) is 7.08. The van der Waals surface area contributed by atoms with Crippen molar-refractivity contribution in [2.24, 2.45) is 0 Å². The summed E-state index contributed by atoms with van der Waals surface area (Å²) in [5, 5.41) is 3.45. The van der Waals surface area contributed by atoms with E-state index in [0.717, 1.165) is 12.8 Å². The van der Waals surface area contributed by atoms with Crippen molar-refractivity contribution < 1.29 is 19.0 Å². The first-order chi connectivity index (χ1) is 17.0. The van der Waals surface area contributed by atoms with Crippen LogP contribution in [-0.2, 0) is 22.6 Å². The Balaban J connectivity index is 1.57. The van der Waals surface area contributed by atoms with Crippen molar-refractivity contribution in [2.75, 3.05) is 26.1 Å². The minimum Gasteiger partial charge on any atom is -0.493 e. The number of nitrogens with one attached hydrogen (secondary N) is 1. The lowest BCUT2D eigenvalue weighted by Gasteiger charge is -2.15. The third kappa shape index (κ3) is 4.28. The summed E-state index contributed by atoms with van der Waals surface area (Å²) in [5.74, 6) is 0.568. The van der Waals surface area contributed by atoms with E-state index in [1.807, 2.05) is 0 Å². The van der Waals surface area contributed by atoms with E-state index >= 15 is 0 Å². The highest BCUT2D eigenvalue weighted by atomic mass is 32.1. The molecule has 0 saturated carbocycles. The maximum atomic E-state index is 13.5. The first-order valence-electron chi connectivity index (χ1n) is 11.1. The molecule has 0 radical (unpaired) electrons. The van der Waals surface area contributed by atoms with E-state index in [1.54, 1.807) is 36.5 Å². The van der Waals surface area contributed by atoms with E-state index in [2.05, 4.69) is 10.3 Å². The molecule has 1 saturated heterocycles. The monoisotopic (exact) mass is 496 g/mol. The number of methoxy groups -OCH3 is 2. The molecule has 0 bridgehead atoms. The highest BCUT2D eigenvalue weighted by Crippen LogP contribution is 2.31. The number of thiophene rings is 1. The minimum absolute atomic E-state index is 0.145. The van der Waals surface area contributed by atoms with Gasteiger partial charge in [0.15, 0.2) is 11.5 Å². The molecular formula is C24H24N4O6S. The second kappa shape index (κ2) is 9.51. The number of amides is 1. The average molecular weight is 497 g/mol. The van der Waals surface area contributed by atoms with Crippen LogP contribution in [0, 0.1) is 0 Å². The zero-order valence-electron chi connectivity index (χ0n) is 19.3. The fraction of sp³-hybridized carbons (Fsp3) is 0.333. The van der Waals surface area contributed by atoms with Crippen LogP contribution in [0.3, 0.4) is 0 Å². The molecule has 3 aromatic heterocycles. The quantitative estimate of drug-likeness (QED) is 0.418. The van der Waals surface area contributed by atoms with E-state index < -0.39 is 11.6 Å². The molecule has 1 N–H and O–H groups in total. The number of carbonyl (C=O) groups excluding carboxylic acids is 1. The molecule has 1 aliphatic rings. The van der Waals surface area contributed by atoms with E-state index in [4.69, 9.17) is 14.2 Å². The number of carbonyl (C=O) groups is 1. The number of hydrogen-bond acceptors (Lipinski definition) is 8. The number of rotatable bonds is 7. The largest absolute Gasteiger partial charge is 0.493 e. The Morgan fingerprint density at radius 3 is 2.77 bits per heavy atom. The van der Waals surface area contributed by atoms with Gasteiger partial charge >= 0.3 is 5.69 Å². The third-order valence-electron chi connectivity index (χ3n) is 5.99. The van der Waals surface area contributed by atoms with Gasteiger partial charge in [0.2, 0.25) is 5.91 Å². The van der Waals surface area contributed by atoms with Gasteiger partial charge in [-0.15, -0.1) is 11.3 Å². The molecule has 5 rings (SSSR count). The van der Waals surface area contributed by atoms with Crippen LogP contribution in [0.5, 0.6) is 11.5 Å². The van der Waals surface area contributed by atoms with Crippen molar-refractivity contribution in [1.29, 1.82) is 0 Å². The maximum absolute atomic E-state index is 13.5. The first-order valence-corrected chi connectivity index (χ1v) is 12.0. The fourth-order valence-corrected chi connectivity index (χ4v) is 5.44. The van der Waals surface area contributed by atoms with Crippen LogP contribution in [0.2, 0.25) is 0 Å². The summed E-state index contributed by atoms with van der Waals surface area (Å²) < 4.78 is 19.1. The topological polar surface area (TPSA) is 114 Å². The summed E-state index contributed by atoms with van der Waals surface area (Å²) in [6, 6.07) is 8.54. The van der Waals surface area contributed by atoms with Gasteiger partial charge in [0.1, 0.15) is 16.1 Å². The first kappa shape index (κ1) is 23.1. The second-order valence-corrected chi connectivity index (χ2v) is 9.17. The Labute approximate surface area is 203 Å². The van der Waals surface area contributed by atoms with Gasteiger partial charge in [-0.1, -0.05) is 0 Å². The lowest BCUT2D eigenvalue weighted by molar-refractivity contribution is -0.116. The predicted octanol–water partition coefficient (Wildman–Crippen LogP) is 2.61. The molecular weight excluding hydrogens is 472 g/mol. The van der Waals surface area contributed by atoms with E-state index in [1.165, 1.54) is 34.7 Å². The van der Waals surface area contributed by atoms with Gasteiger partial charge in [-0.3, -0.25) is 18.7 Å². The highest BCUT2D eigenvalue weighted by molar-refractivity contribution is 7.25. The van der Waals surface area contributed by atoms with E-state index in [9.17, 15) is 14.4 Å². The van der Waals surface area contributed by atoms with Crippen LogP contribution in [-0.4, -0.2) is 47.0 Å². The zero-order valence-corrected chi connectivity index (χ0v) is 20.1. The smallest absolute Gasteiger partial charge is 0.332 e. The zero-order chi connectivity index (χ0) is 24.5. The summed E-state index contributed by atoms with van der Waals surface area (Å²) in [7, 11) is 3.03. The average Bonchev–Trinajstić information content (AvgIpc) is 3.52. The molecule has 10 nitrogen and oxygen atoms in total. The van der Waals surface area contributed by atoms with Crippen LogP contribution in [0.1, 0.15) is 12.8 Å². The van der Waals surface area contributed by atoms with Gasteiger partial charge in [-0.05, 0) is 37.1 Å². The van der Waals surface area contributed by atoms with Gasteiger partial charge in [0.25, 0.3) is 5.56 Å². The number of anilines is 1. The van der Waals surface area contributed by atoms with Crippen molar-refractivity contribution in [1.82, 2.24) is 14.1 Å². The van der Waals surface area contributed by atoms with Crippen LogP contribution in [0.4, 0.5) is 5.69 Å². The summed E-state index contributed by atoms with van der Waals surface area (Å²) in [5.41, 5.74) is -0.0373. The van der Waals surface area contributed by atoms with Crippen molar-refractivity contribution >= 4 is 43.4 Å². The van der Waals surface area contributed by atoms with Gasteiger partial charge in [-0.2, -0.15) is 0 Å². The number of fused-ring (bicyclic) bond motifs is 3. The molecule has 1 amide bonds. The summed E-state index contributed by atoms with van der Waals surface area (Å²) in [4.78, 5) is 44.9. The van der Waals surface area contributed by atoms with Gasteiger partial charge in [-0.25, -0.2) is 9.78 Å². The number of benzene rings is 1. The molecule has 182 valence electrons.